The minimum absolute atomic E-state index is 0.113. The second kappa shape index (κ2) is 6.55. The minimum atomic E-state index is -0.861. The van der Waals surface area contributed by atoms with Crippen LogP contribution in [0, 0.1) is 5.92 Å². The molecule has 4 nitrogen and oxygen atoms in total. The van der Waals surface area contributed by atoms with Crippen molar-refractivity contribution in [2.24, 2.45) is 5.92 Å². The van der Waals surface area contributed by atoms with Gasteiger partial charge in [-0.2, -0.15) is 0 Å². The van der Waals surface area contributed by atoms with Crippen LogP contribution in [0.2, 0.25) is 0 Å². The van der Waals surface area contributed by atoms with E-state index in [0.717, 1.165) is 6.42 Å². The lowest BCUT2D eigenvalue weighted by Gasteiger charge is -2.34. The number of hydrogen-bond donors (Lipinski definition) is 2. The topological polar surface area (TPSA) is 66.8 Å². The Hall–Kier alpha value is -1.13. The van der Waals surface area contributed by atoms with Crippen LogP contribution in [0.15, 0.2) is 23.8 Å². The Morgan fingerprint density at radius 1 is 1.45 bits per heavy atom. The first-order valence-electron chi connectivity index (χ1n) is 7.05. The van der Waals surface area contributed by atoms with Gasteiger partial charge in [-0.15, -0.1) is 0 Å². The van der Waals surface area contributed by atoms with Crippen molar-refractivity contribution in [2.75, 3.05) is 7.11 Å². The van der Waals surface area contributed by atoms with Gasteiger partial charge in [0.05, 0.1) is 18.3 Å². The molecule has 0 aliphatic heterocycles. The molecule has 20 heavy (non-hydrogen) atoms. The van der Waals surface area contributed by atoms with Crippen LogP contribution in [0.3, 0.4) is 0 Å². The fraction of sp³-hybridized carbons (Fsp3) is 0.688. The highest BCUT2D eigenvalue weighted by Crippen LogP contribution is 2.34. The van der Waals surface area contributed by atoms with Crippen molar-refractivity contribution in [1.82, 2.24) is 0 Å². The summed E-state index contributed by atoms with van der Waals surface area (Å²) in [7, 11) is 1.38. The molecule has 1 rings (SSSR count). The molecule has 0 amide bonds. The summed E-state index contributed by atoms with van der Waals surface area (Å²) < 4.78 is 4.70. The monoisotopic (exact) mass is 282 g/mol. The third-order valence-electron chi connectivity index (χ3n) is 3.79. The smallest absolute Gasteiger partial charge is 0.333 e. The van der Waals surface area contributed by atoms with Gasteiger partial charge in [0.15, 0.2) is 0 Å². The van der Waals surface area contributed by atoms with Crippen molar-refractivity contribution >= 4 is 5.97 Å². The van der Waals surface area contributed by atoms with E-state index in [9.17, 15) is 15.0 Å². The molecule has 114 valence electrons. The summed E-state index contributed by atoms with van der Waals surface area (Å²) in [5.41, 5.74) is -0.993. The molecule has 0 aromatic rings. The molecule has 0 aromatic carbocycles. The summed E-state index contributed by atoms with van der Waals surface area (Å²) in [6.07, 6.45) is 7.96. The normalized spacial score (nSPS) is 23.3. The van der Waals surface area contributed by atoms with Crippen LogP contribution in [-0.4, -0.2) is 34.5 Å². The summed E-state index contributed by atoms with van der Waals surface area (Å²) in [6, 6.07) is 0. The molecule has 0 radical (unpaired) electrons. The van der Waals surface area contributed by atoms with Gasteiger partial charge < -0.3 is 14.9 Å². The van der Waals surface area contributed by atoms with Crippen LogP contribution >= 0.6 is 0 Å². The molecule has 0 bridgehead atoms. The molecule has 0 heterocycles. The summed E-state index contributed by atoms with van der Waals surface area (Å²) >= 11 is 0. The standard InChI is InChI=1S/C16H26O4/c1-15(2,18)10-5-11-16(3,19)13-8-6-12(7-9-13)14(17)20-4/h5-6,10,13,18-19H,7-9,11H2,1-4H3. The van der Waals surface area contributed by atoms with Crippen molar-refractivity contribution in [3.63, 3.8) is 0 Å². The Morgan fingerprint density at radius 3 is 2.55 bits per heavy atom. The molecule has 0 saturated carbocycles. The van der Waals surface area contributed by atoms with Gasteiger partial charge in [0.2, 0.25) is 0 Å². The number of rotatable bonds is 5. The van der Waals surface area contributed by atoms with Crippen LogP contribution in [0.25, 0.3) is 0 Å². The summed E-state index contributed by atoms with van der Waals surface area (Å²) in [4.78, 5) is 11.4. The predicted octanol–water partition coefficient (Wildman–Crippen LogP) is 2.35. The van der Waals surface area contributed by atoms with Crippen LogP contribution in [0.4, 0.5) is 0 Å². The highest BCUT2D eigenvalue weighted by molar-refractivity contribution is 5.88. The maximum absolute atomic E-state index is 11.4. The molecule has 1 aliphatic rings. The minimum Gasteiger partial charge on any atom is -0.466 e. The maximum atomic E-state index is 11.4. The zero-order valence-electron chi connectivity index (χ0n) is 12.8. The van der Waals surface area contributed by atoms with Crippen LogP contribution in [0.1, 0.15) is 46.5 Å². The number of carbonyl (C=O) groups excluding carboxylic acids is 1. The zero-order valence-corrected chi connectivity index (χ0v) is 12.8. The molecule has 0 aromatic heterocycles. The van der Waals surface area contributed by atoms with Crippen molar-refractivity contribution in [3.8, 4) is 0 Å². The van der Waals surface area contributed by atoms with E-state index < -0.39 is 11.2 Å². The second-order valence-corrected chi connectivity index (χ2v) is 6.31. The molecule has 0 saturated heterocycles. The van der Waals surface area contributed by atoms with E-state index >= 15 is 0 Å². The summed E-state index contributed by atoms with van der Waals surface area (Å²) in [6.45, 7) is 5.21. The quantitative estimate of drug-likeness (QED) is 0.600. The number of ether oxygens (including phenoxy) is 1. The van der Waals surface area contributed by atoms with Gasteiger partial charge >= 0.3 is 5.97 Å². The van der Waals surface area contributed by atoms with E-state index in [1.807, 2.05) is 19.1 Å². The second-order valence-electron chi connectivity index (χ2n) is 6.31. The molecule has 1 aliphatic carbocycles. The maximum Gasteiger partial charge on any atom is 0.333 e. The number of esters is 1. The third-order valence-corrected chi connectivity index (χ3v) is 3.79. The lowest BCUT2D eigenvalue weighted by Crippen LogP contribution is -2.35. The average molecular weight is 282 g/mol. The van der Waals surface area contributed by atoms with Crippen LogP contribution < -0.4 is 0 Å². The summed E-state index contributed by atoms with van der Waals surface area (Å²) in [5, 5.41) is 20.2. The first-order chi connectivity index (χ1) is 9.15. The fourth-order valence-electron chi connectivity index (χ4n) is 2.47. The Kier molecular flexibility index (Phi) is 5.54. The lowest BCUT2D eigenvalue weighted by atomic mass is 9.77. The number of aliphatic hydroxyl groups is 2. The van der Waals surface area contributed by atoms with E-state index in [0.29, 0.717) is 24.8 Å². The summed E-state index contributed by atoms with van der Waals surface area (Å²) in [5.74, 6) is -0.160. The van der Waals surface area contributed by atoms with Gasteiger partial charge in [-0.1, -0.05) is 18.2 Å². The number of hydrogen-bond acceptors (Lipinski definition) is 4. The van der Waals surface area contributed by atoms with Gasteiger partial charge in [-0.05, 0) is 52.4 Å². The molecule has 2 atom stereocenters. The van der Waals surface area contributed by atoms with Crippen molar-refractivity contribution < 1.29 is 19.7 Å². The van der Waals surface area contributed by atoms with Gasteiger partial charge in [-0.25, -0.2) is 4.79 Å². The van der Waals surface area contributed by atoms with E-state index in [4.69, 9.17) is 4.74 Å². The van der Waals surface area contributed by atoms with E-state index in [1.165, 1.54) is 7.11 Å². The Balaban J connectivity index is 2.60. The number of methoxy groups -OCH3 is 1. The number of allylic oxidation sites excluding steroid dienone is 1. The van der Waals surface area contributed by atoms with E-state index in [-0.39, 0.29) is 11.9 Å². The molecule has 4 heteroatoms. The number of carbonyl (C=O) groups is 1. The lowest BCUT2D eigenvalue weighted by molar-refractivity contribution is -0.136. The Morgan fingerprint density at radius 2 is 2.10 bits per heavy atom. The van der Waals surface area contributed by atoms with Crippen LogP contribution in [0.5, 0.6) is 0 Å². The molecule has 2 N–H and O–H groups in total. The molecular weight excluding hydrogens is 256 g/mol. The predicted molar refractivity (Wildman–Crippen MR) is 78.1 cm³/mol. The highest BCUT2D eigenvalue weighted by atomic mass is 16.5. The van der Waals surface area contributed by atoms with E-state index in [1.54, 1.807) is 19.9 Å². The SMILES string of the molecule is COC(=O)C1=CCC(C(C)(O)CC=CC(C)(C)O)CC1. The van der Waals surface area contributed by atoms with Gasteiger partial charge in [0.1, 0.15) is 0 Å². The average Bonchev–Trinajstić information content (AvgIpc) is 2.36. The first-order valence-corrected chi connectivity index (χ1v) is 7.05. The largest absolute Gasteiger partial charge is 0.466 e. The fourth-order valence-corrected chi connectivity index (χ4v) is 2.47. The van der Waals surface area contributed by atoms with E-state index in [2.05, 4.69) is 0 Å². The molecule has 2 unspecified atom stereocenters. The molecular formula is C16H26O4. The molecule has 0 spiro atoms. The van der Waals surface area contributed by atoms with Crippen molar-refractivity contribution in [3.05, 3.63) is 23.8 Å². The van der Waals surface area contributed by atoms with Gasteiger partial charge in [-0.3, -0.25) is 0 Å². The third kappa shape index (κ3) is 5.10. The first kappa shape index (κ1) is 16.9. The van der Waals surface area contributed by atoms with Gasteiger partial charge in [0, 0.05) is 5.57 Å². The Bertz CT molecular complexity index is 399. The van der Waals surface area contributed by atoms with Crippen molar-refractivity contribution in [2.45, 2.75) is 57.7 Å². The molecule has 0 fully saturated rings. The zero-order chi connectivity index (χ0) is 15.4. The van der Waals surface area contributed by atoms with Crippen molar-refractivity contribution in [1.29, 1.82) is 0 Å². The Labute approximate surface area is 121 Å². The van der Waals surface area contributed by atoms with Crippen LogP contribution in [-0.2, 0) is 9.53 Å². The van der Waals surface area contributed by atoms with Gasteiger partial charge in [0.25, 0.3) is 0 Å². The highest BCUT2D eigenvalue weighted by Gasteiger charge is 2.32.